The van der Waals surface area contributed by atoms with E-state index in [1.807, 2.05) is 0 Å². The minimum Gasteiger partial charge on any atom is -0.472 e. The number of aldehydes is 1. The highest BCUT2D eigenvalue weighted by Gasteiger charge is 2.59. The third-order valence-corrected chi connectivity index (χ3v) is 21.2. The summed E-state index contributed by atoms with van der Waals surface area (Å²) in [4.78, 5) is 71.3. The van der Waals surface area contributed by atoms with Crippen molar-refractivity contribution in [3.63, 3.8) is 0 Å². The monoisotopic (exact) mass is 1470 g/mol. The van der Waals surface area contributed by atoms with Crippen molar-refractivity contribution >= 4 is 30.2 Å². The van der Waals surface area contributed by atoms with Gasteiger partial charge in [-0.1, -0.05) is 32.1 Å². The Labute approximate surface area is 587 Å². The molecule has 8 heterocycles. The first-order valence-electron chi connectivity index (χ1n) is 33.4. The highest BCUT2D eigenvalue weighted by molar-refractivity contribution is 5.93. The van der Waals surface area contributed by atoms with Crippen molar-refractivity contribution in [2.75, 3.05) is 40.6 Å². The highest BCUT2D eigenvalue weighted by Crippen LogP contribution is 2.52. The number of ether oxygens (including phenoxy) is 16. The summed E-state index contributed by atoms with van der Waals surface area (Å²) in [5.41, 5.74) is -1.13. The average molecular weight is 1480 g/mol. The molecule has 0 bridgehead atoms. The summed E-state index contributed by atoms with van der Waals surface area (Å²) in [6, 6.07) is 0. The number of rotatable bonds is 24. The van der Waals surface area contributed by atoms with E-state index in [0.29, 0.717) is 6.29 Å². The Morgan fingerprint density at radius 2 is 0.757 bits per heavy atom. The largest absolute Gasteiger partial charge is 0.472 e. The van der Waals surface area contributed by atoms with E-state index in [2.05, 4.69) is 13.2 Å². The first kappa shape index (κ1) is 79.5. The lowest BCUT2D eigenvalue weighted by Gasteiger charge is -2.43. The van der Waals surface area contributed by atoms with Gasteiger partial charge in [0.15, 0.2) is 25.2 Å². The lowest BCUT2D eigenvalue weighted by Crippen LogP contribution is -2.60. The zero-order chi connectivity index (χ0) is 74.9. The second-order valence-corrected chi connectivity index (χ2v) is 26.8. The molecule has 0 aromatic heterocycles. The average Bonchev–Trinajstić information content (AvgIpc) is 1.67. The van der Waals surface area contributed by atoms with Gasteiger partial charge in [0.05, 0.1) is 93.9 Å². The molecule has 10 aliphatic rings. The van der Waals surface area contributed by atoms with E-state index >= 15 is 9.59 Å². The topological polar surface area (TPSA) is 557 Å². The summed E-state index contributed by atoms with van der Waals surface area (Å²) in [7, 11) is 2.22. The van der Waals surface area contributed by atoms with Crippen LogP contribution in [0.1, 0.15) is 33.1 Å². The van der Waals surface area contributed by atoms with Crippen LogP contribution in [0, 0.1) is 59.2 Å². The minimum absolute atomic E-state index is 0.0243. The Morgan fingerprint density at radius 1 is 0.437 bits per heavy atom. The fraction of sp³-hybridized carbons (Fsp3) is 0.712. The van der Waals surface area contributed by atoms with Crippen molar-refractivity contribution in [3.05, 3.63) is 84.3 Å². The number of hydrogen-bond acceptors (Lipinski definition) is 37. The van der Waals surface area contributed by atoms with Crippen LogP contribution < -0.4 is 0 Å². The molecule has 2 aliphatic carbocycles. The molecule has 37 heteroatoms. The van der Waals surface area contributed by atoms with Crippen LogP contribution in [0.3, 0.4) is 0 Å². The molecule has 36 atom stereocenters. The Kier molecular flexibility index (Phi) is 26.1. The molecular weight excluding hydrogens is 1380 g/mol. The fourth-order valence-corrected chi connectivity index (χ4v) is 15.2. The first-order valence-corrected chi connectivity index (χ1v) is 33.4. The molecule has 4 saturated heterocycles. The lowest BCUT2D eigenvalue weighted by molar-refractivity contribution is -0.342. The van der Waals surface area contributed by atoms with E-state index in [1.54, 1.807) is 13.8 Å². The molecule has 0 unspecified atom stereocenters. The maximum atomic E-state index is 15.3. The third-order valence-electron chi connectivity index (χ3n) is 21.2. The Hall–Kier alpha value is -6.03. The molecule has 2 saturated carbocycles. The lowest BCUT2D eigenvalue weighted by atomic mass is 9.76. The van der Waals surface area contributed by atoms with Gasteiger partial charge in [0, 0.05) is 53.3 Å². The van der Waals surface area contributed by atoms with Crippen LogP contribution in [0.4, 0.5) is 0 Å². The fourth-order valence-electron chi connectivity index (χ4n) is 15.2. The van der Waals surface area contributed by atoms with Gasteiger partial charge in [-0.05, 0) is 24.8 Å². The van der Waals surface area contributed by atoms with Crippen LogP contribution in [-0.2, 0) is 99.8 Å². The summed E-state index contributed by atoms with van der Waals surface area (Å²) >= 11 is 0. The molecule has 0 spiro atoms. The molecule has 576 valence electrons. The van der Waals surface area contributed by atoms with Gasteiger partial charge >= 0.3 is 23.9 Å². The summed E-state index contributed by atoms with van der Waals surface area (Å²) in [5.74, 6) is -15.1. The predicted octanol–water partition coefficient (Wildman–Crippen LogP) is -6.72. The van der Waals surface area contributed by atoms with E-state index in [0.717, 1.165) is 39.3 Å². The number of esters is 4. The number of hydrogen-bond donors (Lipinski definition) is 16. The quantitative estimate of drug-likeness (QED) is 0.0140. The predicted molar refractivity (Wildman–Crippen MR) is 330 cm³/mol. The van der Waals surface area contributed by atoms with E-state index in [-0.39, 0.29) is 35.1 Å². The SMILES string of the molecule is C=C[C@H]1[C@H](O[C@@H]2O[C@H](CO)[C@@H](O)[C@H](O)[C@H]2O)OC=C(C(=O)O[C@H]2C[C@@H]3C(C(=O)OC)=CO[C@@H](O[C@@H]4O[C@H](CO)[C@@H](O)[C@H](O)[C@H]4O)[C@@H]3[C@H]2C)[C@H]1C(C=O)=CC[C@@H]1C(C(=O)O[C@H]2C[C@@H]3C(C(=O)OC)=CO[C@@H](O[C@@H]4O[C@H](CO)[C@@H](O)[C@H](O)[C@H]4O)[C@@H]3[C@H]2C)=CO[C@@H](O[C@@H]2O[C@H](CO)[C@@H](O)[C@H](O)[C@H]2O)[C@@H]1C=C. The smallest absolute Gasteiger partial charge is 0.338 e. The number of aliphatic hydroxyl groups excluding tert-OH is 16. The number of allylic oxidation sites excluding steroid dienone is 2. The van der Waals surface area contributed by atoms with Crippen LogP contribution in [0.2, 0.25) is 0 Å². The first-order chi connectivity index (χ1) is 49.1. The highest BCUT2D eigenvalue weighted by atomic mass is 16.8. The van der Waals surface area contributed by atoms with Gasteiger partial charge in [-0.3, -0.25) is 4.79 Å². The number of aliphatic hydroxyl groups is 16. The Bertz CT molecular complexity index is 3170. The molecule has 6 fully saturated rings. The molecule has 103 heavy (non-hydrogen) atoms. The molecular formula is C66H90O37. The zero-order valence-electron chi connectivity index (χ0n) is 56.0. The normalized spacial score (nSPS) is 45.3. The maximum absolute atomic E-state index is 15.3. The molecule has 37 nitrogen and oxygen atoms in total. The van der Waals surface area contributed by atoms with Crippen molar-refractivity contribution in [2.24, 2.45) is 59.2 Å². The minimum atomic E-state index is -2.02. The number of carbonyl (C=O) groups excluding carboxylic acids is 5. The van der Waals surface area contributed by atoms with Crippen LogP contribution in [0.25, 0.3) is 0 Å². The van der Waals surface area contributed by atoms with Crippen LogP contribution in [0.15, 0.2) is 84.3 Å². The van der Waals surface area contributed by atoms with Crippen molar-refractivity contribution in [1.82, 2.24) is 0 Å². The van der Waals surface area contributed by atoms with Gasteiger partial charge < -0.3 is 157 Å². The second kappa shape index (κ2) is 33.8. The van der Waals surface area contributed by atoms with Gasteiger partial charge in [-0.25, -0.2) is 19.2 Å². The van der Waals surface area contributed by atoms with Gasteiger partial charge in [0.25, 0.3) is 0 Å². The van der Waals surface area contributed by atoms with Gasteiger partial charge in [0.1, 0.15) is 116 Å². The van der Waals surface area contributed by atoms with E-state index in [1.165, 1.54) is 18.2 Å². The van der Waals surface area contributed by atoms with Crippen LogP contribution in [-0.4, -0.2) is 313 Å². The molecule has 0 aromatic carbocycles. The molecule has 0 amide bonds. The van der Waals surface area contributed by atoms with Gasteiger partial charge in [-0.2, -0.15) is 0 Å². The molecule has 0 radical (unpaired) electrons. The van der Waals surface area contributed by atoms with E-state index in [9.17, 15) is 96.1 Å². The van der Waals surface area contributed by atoms with Crippen molar-refractivity contribution < 1.29 is 181 Å². The standard InChI is InChI=1S/C66H90O37/c1-7-25-27(30(18-90-59(25)100-63-51(80)47(76)43(72)36(14-68)96-63)57(86)94-34-11-28-31(55(84)88-5)19-92-61(40(28)22(34)3)102-65-53(82)49(78)45(74)38(16-70)98-65)10-9-24(13-67)42-26(8-2)60(101-64-52(81)48(77)44(73)37(15-69)97-64)91-21-33(42)58(87)95-35-12-29-32(56(85)89-6)20-93-62(41(29)23(35)4)103-66-54(83)50(79)46(75)39(17-71)99-66/h7-9,13,18-23,25-29,34-54,59-66,68-83H,1-2,10-12,14-17H2,3-6H3/t22-,23-,25+,26+,27-,28+,29+,34-,35-,36+,37+,38+,39+,40+,41+,42-,43+,44+,45+,46+,47-,48-,49-,50-,51+,52+,53+,54+,59-,60-,61-,62-,63-,64-,65-,66-/m0/s1. The molecule has 8 aliphatic heterocycles. The maximum Gasteiger partial charge on any atom is 0.338 e. The van der Waals surface area contributed by atoms with Gasteiger partial charge in [-0.15, -0.1) is 13.2 Å². The number of carbonyl (C=O) groups is 5. The third kappa shape index (κ3) is 15.6. The number of methoxy groups -OCH3 is 2. The summed E-state index contributed by atoms with van der Waals surface area (Å²) < 4.78 is 93.4. The second-order valence-electron chi connectivity index (χ2n) is 26.8. The molecule has 10 rings (SSSR count). The summed E-state index contributed by atoms with van der Waals surface area (Å²) in [6.45, 7) is 7.78. The van der Waals surface area contributed by atoms with Crippen molar-refractivity contribution in [2.45, 2.75) is 193 Å². The van der Waals surface area contributed by atoms with Crippen LogP contribution >= 0.6 is 0 Å². The van der Waals surface area contributed by atoms with Crippen LogP contribution in [0.5, 0.6) is 0 Å². The Morgan fingerprint density at radius 3 is 1.10 bits per heavy atom. The molecule has 16 N–H and O–H groups in total. The number of fused-ring (bicyclic) bond motifs is 2. The zero-order valence-corrected chi connectivity index (χ0v) is 56.0. The van der Waals surface area contributed by atoms with E-state index in [4.69, 9.17) is 75.8 Å². The molecule has 0 aromatic rings. The van der Waals surface area contributed by atoms with Gasteiger partial charge in [0.2, 0.25) is 25.2 Å². The summed E-state index contributed by atoms with van der Waals surface area (Å²) in [5, 5.41) is 169. The van der Waals surface area contributed by atoms with E-state index < -0.39 is 282 Å². The van der Waals surface area contributed by atoms with Crippen molar-refractivity contribution in [1.29, 1.82) is 0 Å². The Balaban J connectivity index is 0.986. The summed E-state index contributed by atoms with van der Waals surface area (Å²) in [6.07, 6.45) is -37.1. The van der Waals surface area contributed by atoms with Crippen molar-refractivity contribution in [3.8, 4) is 0 Å².